The first-order valence-corrected chi connectivity index (χ1v) is 21.2. The molecule has 1 aromatic carbocycles. The maximum Gasteiger partial charge on any atom is 0.306 e. The SMILES string of the molecule is CCCO[C@H](C[C@H](C(C)C)N(CCC)C(=O)[C@@H](CC(=O)[C@@H]([C@@H](C)CC)N(C)C)[C@@H](C)CC)c1nc(C(=O)N[C@@H](Cc2ccc(O)cc2)C[C@H](C)C(=O)O)cs1. The van der Waals surface area contributed by atoms with Gasteiger partial charge in [-0.1, -0.05) is 87.3 Å². The van der Waals surface area contributed by atoms with Gasteiger partial charge in [0.1, 0.15) is 22.6 Å². The van der Waals surface area contributed by atoms with E-state index in [4.69, 9.17) is 9.72 Å². The molecule has 0 saturated carbocycles. The predicted octanol–water partition coefficient (Wildman–Crippen LogP) is 8.02. The number of amides is 2. The summed E-state index contributed by atoms with van der Waals surface area (Å²) in [6.45, 7) is 19.3. The fourth-order valence-electron chi connectivity index (χ4n) is 7.30. The van der Waals surface area contributed by atoms with Gasteiger partial charge in [0.05, 0.1) is 12.0 Å². The molecule has 3 N–H and O–H groups in total. The Balaban J connectivity index is 2.43. The molecule has 1 heterocycles. The molecule has 0 bridgehead atoms. The van der Waals surface area contributed by atoms with Crippen molar-refractivity contribution < 1.29 is 34.1 Å². The lowest BCUT2D eigenvalue weighted by Crippen LogP contribution is -2.50. The largest absolute Gasteiger partial charge is 0.508 e. The number of Topliss-reactive ketones (excluding diaryl/α,β-unsaturated/α-hetero) is 1. The van der Waals surface area contributed by atoms with E-state index in [1.165, 1.54) is 11.3 Å². The van der Waals surface area contributed by atoms with Crippen molar-refractivity contribution in [2.45, 2.75) is 138 Å². The molecule has 0 fully saturated rings. The van der Waals surface area contributed by atoms with Crippen LogP contribution in [0.2, 0.25) is 0 Å². The zero-order valence-corrected chi connectivity index (χ0v) is 36.2. The first kappa shape index (κ1) is 47.8. The van der Waals surface area contributed by atoms with E-state index < -0.39 is 35.9 Å². The Hall–Kier alpha value is -3.35. The van der Waals surface area contributed by atoms with Gasteiger partial charge in [0.15, 0.2) is 5.78 Å². The number of ether oxygens (including phenoxy) is 1. The minimum atomic E-state index is -0.946. The molecule has 1 aromatic heterocycles. The van der Waals surface area contributed by atoms with Crippen molar-refractivity contribution in [3.63, 3.8) is 0 Å². The molecular weight excluding hydrogens is 717 g/mol. The smallest absolute Gasteiger partial charge is 0.306 e. The third-order valence-electron chi connectivity index (χ3n) is 10.9. The lowest BCUT2D eigenvalue weighted by Gasteiger charge is -2.40. The molecule has 12 heteroatoms. The van der Waals surface area contributed by atoms with Crippen LogP contribution >= 0.6 is 11.3 Å². The van der Waals surface area contributed by atoms with Gasteiger partial charge in [-0.25, -0.2) is 4.98 Å². The summed E-state index contributed by atoms with van der Waals surface area (Å²) in [5.74, 6) is -1.98. The second kappa shape index (κ2) is 23.7. The predicted molar refractivity (Wildman–Crippen MR) is 220 cm³/mol. The number of carboxylic acid groups (broad SMARTS) is 1. The third-order valence-corrected chi connectivity index (χ3v) is 11.8. The molecule has 2 rings (SSSR count). The number of benzene rings is 1. The number of aromatic nitrogens is 1. The van der Waals surface area contributed by atoms with Crippen LogP contribution in [0.25, 0.3) is 0 Å². The number of aliphatic carboxylic acids is 1. The molecule has 8 atom stereocenters. The Morgan fingerprint density at radius 2 is 1.55 bits per heavy atom. The minimum absolute atomic E-state index is 0.00798. The third kappa shape index (κ3) is 14.6. The van der Waals surface area contributed by atoms with Crippen molar-refractivity contribution in [2.75, 3.05) is 27.2 Å². The number of carbonyl (C=O) groups excluding carboxylic acids is 3. The highest BCUT2D eigenvalue weighted by Gasteiger charge is 2.38. The number of hydrogen-bond donors (Lipinski definition) is 3. The van der Waals surface area contributed by atoms with Gasteiger partial charge in [0.25, 0.3) is 5.91 Å². The molecule has 0 spiro atoms. The van der Waals surface area contributed by atoms with E-state index in [-0.39, 0.29) is 65.8 Å². The molecule has 0 aliphatic heterocycles. The number of nitrogens with one attached hydrogen (secondary N) is 1. The van der Waals surface area contributed by atoms with Gasteiger partial charge in [0, 0.05) is 49.4 Å². The molecule has 0 unspecified atom stereocenters. The maximum absolute atomic E-state index is 14.7. The number of aromatic hydroxyl groups is 1. The topological polar surface area (TPSA) is 149 Å². The Morgan fingerprint density at radius 1 is 0.909 bits per heavy atom. The van der Waals surface area contributed by atoms with Crippen LogP contribution in [0.1, 0.15) is 134 Å². The van der Waals surface area contributed by atoms with Gasteiger partial charge in [0.2, 0.25) is 5.91 Å². The molecular formula is C43H70N4O7S. The summed E-state index contributed by atoms with van der Waals surface area (Å²) < 4.78 is 6.43. The fourth-order valence-corrected chi connectivity index (χ4v) is 8.16. The van der Waals surface area contributed by atoms with Crippen molar-refractivity contribution in [2.24, 2.45) is 29.6 Å². The number of likely N-dealkylation sites (N-methyl/N-ethyl adjacent to an activating group) is 1. The Labute approximate surface area is 334 Å². The standard InChI is InChI=1S/C43H70N4O7S/c1-12-20-47(42(51)34(28(7)14-3)24-37(49)39(46(10)11)29(8)15-4)36(27(5)6)25-38(54-21-13-2)41-45-35(26-55-41)40(50)44-32(22-30(9)43(52)53)23-31-16-18-33(48)19-17-31/h16-19,26-30,32,34,36,38-39,48H,12-15,20-25H2,1-11H3,(H,44,50)(H,52,53)/t28-,29-,30-,32+,34-,36+,38+,39+/m0/s1. The van der Waals surface area contributed by atoms with Crippen LogP contribution in [0.4, 0.5) is 0 Å². The highest BCUT2D eigenvalue weighted by molar-refractivity contribution is 7.09. The number of phenolic OH excluding ortho intramolecular Hbond substituents is 1. The molecule has 310 valence electrons. The number of ketones is 1. The number of hydrogen-bond acceptors (Lipinski definition) is 9. The molecule has 0 radical (unpaired) electrons. The summed E-state index contributed by atoms with van der Waals surface area (Å²) in [4.78, 5) is 62.7. The quantitative estimate of drug-likeness (QED) is 0.0862. The van der Waals surface area contributed by atoms with E-state index in [1.54, 1.807) is 36.6 Å². The van der Waals surface area contributed by atoms with E-state index in [0.29, 0.717) is 31.0 Å². The highest BCUT2D eigenvalue weighted by atomic mass is 32.1. The molecule has 2 amide bonds. The summed E-state index contributed by atoms with van der Waals surface area (Å²) in [6, 6.07) is 5.70. The van der Waals surface area contributed by atoms with Crippen molar-refractivity contribution in [1.82, 2.24) is 20.1 Å². The van der Waals surface area contributed by atoms with Gasteiger partial charge < -0.3 is 25.2 Å². The van der Waals surface area contributed by atoms with E-state index >= 15 is 0 Å². The summed E-state index contributed by atoms with van der Waals surface area (Å²) in [6.07, 6.45) is 4.00. The van der Waals surface area contributed by atoms with Crippen molar-refractivity contribution in [3.8, 4) is 5.75 Å². The van der Waals surface area contributed by atoms with Crippen molar-refractivity contribution in [1.29, 1.82) is 0 Å². The highest BCUT2D eigenvalue weighted by Crippen LogP contribution is 2.33. The summed E-state index contributed by atoms with van der Waals surface area (Å²) in [5.41, 5.74) is 1.07. The number of rotatable bonds is 26. The van der Waals surface area contributed by atoms with Gasteiger partial charge >= 0.3 is 5.97 Å². The molecule has 2 aromatic rings. The molecule has 55 heavy (non-hydrogen) atoms. The van der Waals surface area contributed by atoms with Gasteiger partial charge in [-0.15, -0.1) is 11.3 Å². The van der Waals surface area contributed by atoms with Crippen LogP contribution in [0.5, 0.6) is 5.75 Å². The summed E-state index contributed by atoms with van der Waals surface area (Å²) in [5, 5.41) is 24.7. The zero-order valence-electron chi connectivity index (χ0n) is 35.3. The average Bonchev–Trinajstić information content (AvgIpc) is 3.63. The Bertz CT molecular complexity index is 1480. The van der Waals surface area contributed by atoms with E-state index in [1.807, 2.05) is 30.8 Å². The Morgan fingerprint density at radius 3 is 2.07 bits per heavy atom. The first-order chi connectivity index (χ1) is 26.0. The lowest BCUT2D eigenvalue weighted by atomic mass is 9.81. The second-order valence-electron chi connectivity index (χ2n) is 16.0. The summed E-state index contributed by atoms with van der Waals surface area (Å²) >= 11 is 1.34. The van der Waals surface area contributed by atoms with Crippen LogP contribution < -0.4 is 5.32 Å². The summed E-state index contributed by atoms with van der Waals surface area (Å²) in [7, 11) is 3.88. The normalized spacial score (nSPS) is 16.2. The van der Waals surface area contributed by atoms with Crippen LogP contribution in [0, 0.1) is 29.6 Å². The maximum atomic E-state index is 14.7. The van der Waals surface area contributed by atoms with Crippen LogP contribution in [-0.2, 0) is 25.5 Å². The first-order valence-electron chi connectivity index (χ1n) is 20.4. The lowest BCUT2D eigenvalue weighted by molar-refractivity contribution is -0.145. The minimum Gasteiger partial charge on any atom is -0.508 e. The van der Waals surface area contributed by atoms with E-state index in [2.05, 4.69) is 53.8 Å². The zero-order chi connectivity index (χ0) is 41.4. The fraction of sp³-hybridized carbons (Fsp3) is 0.698. The number of phenols is 1. The Kier molecular flexibility index (Phi) is 20.6. The van der Waals surface area contributed by atoms with Crippen LogP contribution in [-0.4, -0.2) is 93.9 Å². The van der Waals surface area contributed by atoms with Crippen molar-refractivity contribution >= 4 is 34.9 Å². The van der Waals surface area contributed by atoms with Gasteiger partial charge in [-0.2, -0.15) is 0 Å². The number of carbonyl (C=O) groups is 4. The van der Waals surface area contributed by atoms with Gasteiger partial charge in [-0.3, -0.25) is 24.1 Å². The van der Waals surface area contributed by atoms with Crippen LogP contribution in [0.3, 0.4) is 0 Å². The molecule has 0 aliphatic carbocycles. The van der Waals surface area contributed by atoms with E-state index in [9.17, 15) is 29.4 Å². The monoisotopic (exact) mass is 786 g/mol. The van der Waals surface area contributed by atoms with Crippen LogP contribution in [0.15, 0.2) is 29.6 Å². The van der Waals surface area contributed by atoms with Gasteiger partial charge in [-0.05, 0) is 75.2 Å². The second-order valence-corrected chi connectivity index (χ2v) is 16.9. The molecule has 0 saturated heterocycles. The molecule has 11 nitrogen and oxygen atoms in total. The number of carboxylic acids is 1. The van der Waals surface area contributed by atoms with E-state index in [0.717, 1.165) is 31.2 Å². The van der Waals surface area contributed by atoms with Crippen molar-refractivity contribution in [3.05, 3.63) is 45.9 Å². The number of nitrogens with zero attached hydrogens (tertiary/aromatic N) is 3. The average molecular weight is 787 g/mol. The molecule has 0 aliphatic rings. The number of thiazole rings is 1.